The fourth-order valence-corrected chi connectivity index (χ4v) is 3.09. The van der Waals surface area contributed by atoms with Crippen LogP contribution in [0.4, 0.5) is 11.6 Å². The Bertz CT molecular complexity index is 890. The van der Waals surface area contributed by atoms with Crippen LogP contribution in [0.3, 0.4) is 0 Å². The predicted octanol–water partition coefficient (Wildman–Crippen LogP) is 3.76. The van der Waals surface area contributed by atoms with Gasteiger partial charge < -0.3 is 15.8 Å². The van der Waals surface area contributed by atoms with Crippen molar-refractivity contribution in [3.05, 3.63) is 60.9 Å². The second-order valence-corrected chi connectivity index (χ2v) is 6.74. The molecule has 7 nitrogen and oxygen atoms in total. The molecule has 0 aliphatic carbocycles. The summed E-state index contributed by atoms with van der Waals surface area (Å²) in [4.78, 5) is 24.4. The molecule has 0 radical (unpaired) electrons. The molecule has 0 aliphatic rings. The van der Waals surface area contributed by atoms with Gasteiger partial charge in [-0.1, -0.05) is 36.9 Å². The molecule has 2 aromatic carbocycles. The number of nitrogens with one attached hydrogen (secondary N) is 1. The van der Waals surface area contributed by atoms with E-state index in [1.165, 1.54) is 18.1 Å². The van der Waals surface area contributed by atoms with Gasteiger partial charge in [-0.2, -0.15) is 4.98 Å². The van der Waals surface area contributed by atoms with Gasteiger partial charge in [0.15, 0.2) is 5.16 Å². The fourth-order valence-electron chi connectivity index (χ4n) is 2.25. The summed E-state index contributed by atoms with van der Waals surface area (Å²) in [6, 6.07) is 16.7. The van der Waals surface area contributed by atoms with E-state index in [-0.39, 0.29) is 17.1 Å². The lowest BCUT2D eigenvalue weighted by Gasteiger charge is -2.14. The molecule has 0 saturated carbocycles. The van der Waals surface area contributed by atoms with Crippen LogP contribution in [-0.4, -0.2) is 26.1 Å². The Kier molecular flexibility index (Phi) is 6.22. The normalized spacial score (nSPS) is 11.6. The van der Waals surface area contributed by atoms with Crippen molar-refractivity contribution in [2.75, 3.05) is 11.1 Å². The van der Waals surface area contributed by atoms with Crippen LogP contribution in [0.2, 0.25) is 0 Å². The van der Waals surface area contributed by atoms with E-state index in [4.69, 9.17) is 10.5 Å². The summed E-state index contributed by atoms with van der Waals surface area (Å²) in [6.45, 7) is 1.93. The smallest absolute Gasteiger partial charge is 0.237 e. The molecule has 1 atom stereocenters. The van der Waals surface area contributed by atoms with Gasteiger partial charge in [0, 0.05) is 5.69 Å². The molecule has 8 heteroatoms. The zero-order valence-electron chi connectivity index (χ0n) is 14.7. The average molecular weight is 381 g/mol. The molecule has 3 aromatic rings. The molecular weight excluding hydrogens is 362 g/mol. The van der Waals surface area contributed by atoms with Gasteiger partial charge in [-0.05, 0) is 42.8 Å². The molecular formula is C19H19N5O2S. The van der Waals surface area contributed by atoms with Gasteiger partial charge in [-0.25, -0.2) is 9.97 Å². The average Bonchev–Trinajstić information content (AvgIpc) is 2.68. The lowest BCUT2D eigenvalue weighted by molar-refractivity contribution is -0.115. The Hall–Kier alpha value is -3.13. The van der Waals surface area contributed by atoms with Crippen molar-refractivity contribution in [3.63, 3.8) is 0 Å². The summed E-state index contributed by atoms with van der Waals surface area (Å²) in [6.07, 6.45) is 1.96. The molecule has 0 fully saturated rings. The van der Waals surface area contributed by atoms with E-state index < -0.39 is 0 Å². The number of hydrogen-bond acceptors (Lipinski definition) is 7. The Morgan fingerprint density at radius 2 is 1.81 bits per heavy atom. The number of anilines is 2. The highest BCUT2D eigenvalue weighted by molar-refractivity contribution is 8.00. The van der Waals surface area contributed by atoms with Crippen LogP contribution in [0.5, 0.6) is 11.5 Å². The summed E-state index contributed by atoms with van der Waals surface area (Å²) < 4.78 is 5.75. The van der Waals surface area contributed by atoms with Crippen molar-refractivity contribution >= 4 is 29.3 Å². The van der Waals surface area contributed by atoms with E-state index in [1.807, 2.05) is 49.4 Å². The number of para-hydroxylation sites is 1. The largest absolute Gasteiger partial charge is 0.457 e. The zero-order chi connectivity index (χ0) is 19.1. The third kappa shape index (κ3) is 5.42. The Morgan fingerprint density at radius 3 is 2.48 bits per heavy atom. The van der Waals surface area contributed by atoms with Gasteiger partial charge in [0.25, 0.3) is 0 Å². The number of nitrogens with zero attached hydrogens (tertiary/aromatic N) is 3. The number of nitrogen functional groups attached to an aromatic ring is 1. The predicted molar refractivity (Wildman–Crippen MR) is 106 cm³/mol. The summed E-state index contributed by atoms with van der Waals surface area (Å²) in [5.74, 6) is 1.46. The van der Waals surface area contributed by atoms with Crippen LogP contribution in [0.15, 0.2) is 66.1 Å². The zero-order valence-corrected chi connectivity index (χ0v) is 15.5. The molecule has 3 rings (SSSR count). The maximum atomic E-state index is 12.5. The molecule has 0 saturated heterocycles. The SMILES string of the molecule is CCC(Sc1ncnc(N)n1)C(=O)Nc1ccc(Oc2ccccc2)cc1. The highest BCUT2D eigenvalue weighted by atomic mass is 32.2. The van der Waals surface area contributed by atoms with Crippen LogP contribution in [0.25, 0.3) is 0 Å². The van der Waals surface area contributed by atoms with Crippen molar-refractivity contribution in [1.82, 2.24) is 15.0 Å². The molecule has 1 unspecified atom stereocenters. The lowest BCUT2D eigenvalue weighted by Crippen LogP contribution is -2.24. The quantitative estimate of drug-likeness (QED) is 0.601. The van der Waals surface area contributed by atoms with Crippen molar-refractivity contribution in [2.24, 2.45) is 0 Å². The van der Waals surface area contributed by atoms with Crippen LogP contribution in [-0.2, 0) is 4.79 Å². The second-order valence-electron chi connectivity index (χ2n) is 5.57. The monoisotopic (exact) mass is 381 g/mol. The van der Waals surface area contributed by atoms with Gasteiger partial charge in [-0.15, -0.1) is 0 Å². The molecule has 1 aromatic heterocycles. The fraction of sp³-hybridized carbons (Fsp3) is 0.158. The first-order valence-corrected chi connectivity index (χ1v) is 9.27. The Balaban J connectivity index is 1.60. The van der Waals surface area contributed by atoms with E-state index in [0.29, 0.717) is 23.0 Å². The number of carbonyl (C=O) groups is 1. The van der Waals surface area contributed by atoms with E-state index >= 15 is 0 Å². The summed E-state index contributed by atoms with van der Waals surface area (Å²) >= 11 is 1.26. The number of amides is 1. The highest BCUT2D eigenvalue weighted by Crippen LogP contribution is 2.25. The van der Waals surface area contributed by atoms with Crippen molar-refractivity contribution in [1.29, 1.82) is 0 Å². The first-order valence-electron chi connectivity index (χ1n) is 8.39. The van der Waals surface area contributed by atoms with Crippen LogP contribution < -0.4 is 15.8 Å². The number of hydrogen-bond donors (Lipinski definition) is 2. The van der Waals surface area contributed by atoms with Crippen molar-refractivity contribution in [2.45, 2.75) is 23.8 Å². The van der Waals surface area contributed by atoms with E-state index in [0.717, 1.165) is 5.75 Å². The standard InChI is InChI=1S/C19H19N5O2S/c1-2-16(27-19-22-12-21-18(20)24-19)17(25)23-13-8-10-15(11-9-13)26-14-6-4-3-5-7-14/h3-12,16H,2H2,1H3,(H,23,25)(H2,20,21,22,24). The number of rotatable bonds is 7. The number of thioether (sulfide) groups is 1. The van der Waals surface area contributed by atoms with Crippen LogP contribution >= 0.6 is 11.8 Å². The minimum absolute atomic E-state index is 0.127. The molecule has 138 valence electrons. The second kappa shape index (κ2) is 9.00. The highest BCUT2D eigenvalue weighted by Gasteiger charge is 2.19. The third-order valence-electron chi connectivity index (χ3n) is 3.58. The minimum atomic E-state index is -0.341. The maximum absolute atomic E-state index is 12.5. The van der Waals surface area contributed by atoms with Crippen molar-refractivity contribution in [3.8, 4) is 11.5 Å². The van der Waals surface area contributed by atoms with Gasteiger partial charge >= 0.3 is 0 Å². The molecule has 0 aliphatic heterocycles. The van der Waals surface area contributed by atoms with Gasteiger partial charge in [0.05, 0.1) is 5.25 Å². The van der Waals surface area contributed by atoms with E-state index in [2.05, 4.69) is 20.3 Å². The minimum Gasteiger partial charge on any atom is -0.457 e. The number of ether oxygens (including phenoxy) is 1. The third-order valence-corrected chi connectivity index (χ3v) is 4.82. The summed E-state index contributed by atoms with van der Waals surface area (Å²) in [5.41, 5.74) is 6.25. The number of benzene rings is 2. The molecule has 27 heavy (non-hydrogen) atoms. The molecule has 1 amide bonds. The van der Waals surface area contributed by atoms with Crippen LogP contribution in [0.1, 0.15) is 13.3 Å². The van der Waals surface area contributed by atoms with E-state index in [1.54, 1.807) is 12.1 Å². The maximum Gasteiger partial charge on any atom is 0.237 e. The van der Waals surface area contributed by atoms with Gasteiger partial charge in [0.1, 0.15) is 17.8 Å². The number of aromatic nitrogens is 3. The summed E-state index contributed by atoms with van der Waals surface area (Å²) in [7, 11) is 0. The first kappa shape index (κ1) is 18.7. The lowest BCUT2D eigenvalue weighted by atomic mass is 10.2. The first-order chi connectivity index (χ1) is 13.1. The Morgan fingerprint density at radius 1 is 1.11 bits per heavy atom. The van der Waals surface area contributed by atoms with Gasteiger partial charge in [0.2, 0.25) is 11.9 Å². The molecule has 0 spiro atoms. The Labute approximate surface area is 161 Å². The summed E-state index contributed by atoms with van der Waals surface area (Å²) in [5, 5.41) is 2.99. The molecule has 3 N–H and O–H groups in total. The topological polar surface area (TPSA) is 103 Å². The number of nitrogens with two attached hydrogens (primary N) is 1. The molecule has 0 bridgehead atoms. The van der Waals surface area contributed by atoms with E-state index in [9.17, 15) is 4.79 Å². The van der Waals surface area contributed by atoms with Crippen molar-refractivity contribution < 1.29 is 9.53 Å². The van der Waals surface area contributed by atoms with Gasteiger partial charge in [-0.3, -0.25) is 4.79 Å². The molecule has 1 heterocycles. The van der Waals surface area contributed by atoms with Crippen LogP contribution in [0, 0.1) is 0 Å². The number of carbonyl (C=O) groups excluding carboxylic acids is 1.